The lowest BCUT2D eigenvalue weighted by Crippen LogP contribution is -2.45. The Bertz CT molecular complexity index is 1170. The highest BCUT2D eigenvalue weighted by Gasteiger charge is 2.27. The number of phosphoric ester groups is 1. The molecule has 390 valence electrons. The number of unbranched alkanes of at least 4 members (excludes halogenated alkanes) is 35. The van der Waals surface area contributed by atoms with Gasteiger partial charge in [-0.15, -0.1) is 0 Å². The van der Waals surface area contributed by atoms with Crippen molar-refractivity contribution in [1.29, 1.82) is 0 Å². The second-order valence-corrected chi connectivity index (χ2v) is 22.1. The molecule has 3 N–H and O–H groups in total. The molecule has 0 aliphatic rings. The number of quaternary nitrogens is 1. The predicted molar refractivity (Wildman–Crippen MR) is 286 cm³/mol. The zero-order valence-electron chi connectivity index (χ0n) is 44.4. The van der Waals surface area contributed by atoms with Crippen LogP contribution in [0.3, 0.4) is 0 Å². The summed E-state index contributed by atoms with van der Waals surface area (Å²) in [4.78, 5) is 23.3. The first-order chi connectivity index (χ1) is 32.0. The molecular formula is C57H112N2O6P+. The molecule has 8 nitrogen and oxygen atoms in total. The van der Waals surface area contributed by atoms with Crippen LogP contribution in [0, 0.1) is 0 Å². The summed E-state index contributed by atoms with van der Waals surface area (Å²) in [5.41, 5.74) is 0. The van der Waals surface area contributed by atoms with Gasteiger partial charge in [-0.05, 0) is 57.8 Å². The van der Waals surface area contributed by atoms with Crippen molar-refractivity contribution in [3.8, 4) is 0 Å². The normalized spacial score (nSPS) is 14.2. The molecule has 66 heavy (non-hydrogen) atoms. The molecule has 0 aromatic rings. The van der Waals surface area contributed by atoms with Crippen LogP contribution in [0.5, 0.6) is 0 Å². The van der Waals surface area contributed by atoms with E-state index >= 15 is 0 Å². The van der Waals surface area contributed by atoms with Gasteiger partial charge in [-0.2, -0.15) is 0 Å². The fourth-order valence-electron chi connectivity index (χ4n) is 8.35. The molecule has 0 fully saturated rings. The maximum atomic E-state index is 13.0. The third-order valence-corrected chi connectivity index (χ3v) is 13.8. The highest BCUT2D eigenvalue weighted by Crippen LogP contribution is 2.43. The minimum Gasteiger partial charge on any atom is -0.387 e. The lowest BCUT2D eigenvalue weighted by atomic mass is 10.0. The van der Waals surface area contributed by atoms with E-state index in [1.54, 1.807) is 6.08 Å². The molecule has 0 aromatic heterocycles. The van der Waals surface area contributed by atoms with Crippen LogP contribution in [-0.2, 0) is 18.4 Å². The maximum absolute atomic E-state index is 13.0. The van der Waals surface area contributed by atoms with Gasteiger partial charge in [0.05, 0.1) is 39.9 Å². The molecular weight excluding hydrogens is 840 g/mol. The van der Waals surface area contributed by atoms with Gasteiger partial charge in [0.2, 0.25) is 5.91 Å². The van der Waals surface area contributed by atoms with Crippen molar-refractivity contribution in [3.63, 3.8) is 0 Å². The van der Waals surface area contributed by atoms with E-state index in [0.717, 1.165) is 38.5 Å². The minimum atomic E-state index is -4.35. The summed E-state index contributed by atoms with van der Waals surface area (Å²) < 4.78 is 23.7. The molecule has 3 atom stereocenters. The number of aliphatic hydroxyl groups is 1. The quantitative estimate of drug-likeness (QED) is 0.0243. The Morgan fingerprint density at radius 2 is 0.833 bits per heavy atom. The lowest BCUT2D eigenvalue weighted by molar-refractivity contribution is -0.870. The topological polar surface area (TPSA) is 105 Å². The van der Waals surface area contributed by atoms with Gasteiger partial charge in [0.25, 0.3) is 0 Å². The molecule has 3 unspecified atom stereocenters. The first-order valence-corrected chi connectivity index (χ1v) is 29.9. The number of likely N-dealkylation sites (N-methyl/N-ethyl adjacent to an activating group) is 1. The molecule has 0 bridgehead atoms. The number of hydrogen-bond donors (Lipinski definition) is 3. The molecule has 0 aliphatic heterocycles. The molecule has 9 heteroatoms. The van der Waals surface area contributed by atoms with Crippen LogP contribution in [0.15, 0.2) is 36.5 Å². The molecule has 0 aliphatic carbocycles. The lowest BCUT2D eigenvalue weighted by Gasteiger charge is -2.25. The summed E-state index contributed by atoms with van der Waals surface area (Å²) >= 11 is 0. The molecule has 0 saturated heterocycles. The van der Waals surface area contributed by atoms with E-state index in [-0.39, 0.29) is 19.1 Å². The summed E-state index contributed by atoms with van der Waals surface area (Å²) in [6.45, 7) is 4.82. The molecule has 0 radical (unpaired) electrons. The van der Waals surface area contributed by atoms with Gasteiger partial charge in [0, 0.05) is 6.42 Å². The number of hydrogen-bond acceptors (Lipinski definition) is 5. The predicted octanol–water partition coefficient (Wildman–Crippen LogP) is 17.0. The second-order valence-electron chi connectivity index (χ2n) is 20.7. The van der Waals surface area contributed by atoms with Crippen LogP contribution in [-0.4, -0.2) is 73.4 Å². The van der Waals surface area contributed by atoms with Crippen molar-refractivity contribution in [2.75, 3.05) is 40.9 Å². The minimum absolute atomic E-state index is 0.0564. The number of phosphoric acid groups is 1. The van der Waals surface area contributed by atoms with E-state index in [4.69, 9.17) is 9.05 Å². The number of nitrogens with zero attached hydrogens (tertiary/aromatic N) is 1. The van der Waals surface area contributed by atoms with Gasteiger partial charge in [-0.25, -0.2) is 4.57 Å². The molecule has 0 heterocycles. The summed E-state index contributed by atoms with van der Waals surface area (Å²) in [6, 6.07) is -0.864. The molecule has 0 aromatic carbocycles. The Hall–Kier alpha value is -1.28. The standard InChI is InChI=1S/C57H111N2O6P/c1-6-8-10-12-14-16-18-20-22-24-26-27-28-29-30-31-33-34-36-38-40-42-44-46-48-50-56(60)55(54-65-66(62,63)64-53-52-59(3,4)5)58-57(61)51-49-47-45-43-41-39-37-35-32-25-23-21-19-17-15-13-11-9-7-2/h21,23,40,42,48,50,55-56,60H,6-20,22,24-39,41,43-47,49,51-54H2,1-5H3,(H-,58,61,62,63)/p+1/b23-21-,42-40+,50-48+. The van der Waals surface area contributed by atoms with Crippen LogP contribution < -0.4 is 5.32 Å². The summed E-state index contributed by atoms with van der Waals surface area (Å²) in [5, 5.41) is 13.9. The highest BCUT2D eigenvalue weighted by molar-refractivity contribution is 7.47. The van der Waals surface area contributed by atoms with Crippen LogP contribution in [0.1, 0.15) is 271 Å². The first kappa shape index (κ1) is 64.7. The summed E-state index contributed by atoms with van der Waals surface area (Å²) in [7, 11) is 1.56. The summed E-state index contributed by atoms with van der Waals surface area (Å²) in [5.74, 6) is -0.187. The van der Waals surface area contributed by atoms with Crippen LogP contribution in [0.4, 0.5) is 0 Å². The van der Waals surface area contributed by atoms with E-state index in [9.17, 15) is 19.4 Å². The van der Waals surface area contributed by atoms with E-state index in [1.165, 1.54) is 212 Å². The monoisotopic (exact) mass is 952 g/mol. The van der Waals surface area contributed by atoms with Crippen molar-refractivity contribution >= 4 is 13.7 Å². The fraction of sp³-hybridized carbons (Fsp3) is 0.877. The van der Waals surface area contributed by atoms with Gasteiger partial charge in [0.15, 0.2) is 0 Å². The van der Waals surface area contributed by atoms with Crippen molar-refractivity contribution in [3.05, 3.63) is 36.5 Å². The third kappa shape index (κ3) is 50.6. The highest BCUT2D eigenvalue weighted by atomic mass is 31.2. The number of allylic oxidation sites excluding steroid dienone is 5. The number of aliphatic hydroxyl groups excluding tert-OH is 1. The van der Waals surface area contributed by atoms with Gasteiger partial charge >= 0.3 is 7.82 Å². The first-order valence-electron chi connectivity index (χ1n) is 28.4. The van der Waals surface area contributed by atoms with Crippen LogP contribution in [0.2, 0.25) is 0 Å². The average molecular weight is 953 g/mol. The van der Waals surface area contributed by atoms with Gasteiger partial charge < -0.3 is 19.8 Å². The van der Waals surface area contributed by atoms with Gasteiger partial charge in [-0.1, -0.05) is 243 Å². The van der Waals surface area contributed by atoms with E-state index < -0.39 is 20.0 Å². The van der Waals surface area contributed by atoms with Crippen molar-refractivity contribution in [2.24, 2.45) is 0 Å². The van der Waals surface area contributed by atoms with Crippen molar-refractivity contribution in [2.45, 2.75) is 283 Å². The Morgan fingerprint density at radius 1 is 0.500 bits per heavy atom. The number of carbonyl (C=O) groups is 1. The smallest absolute Gasteiger partial charge is 0.387 e. The Kier molecular flexibility index (Phi) is 47.8. The van der Waals surface area contributed by atoms with E-state index in [0.29, 0.717) is 17.4 Å². The molecule has 1 amide bonds. The van der Waals surface area contributed by atoms with Gasteiger partial charge in [-0.3, -0.25) is 13.8 Å². The number of nitrogens with one attached hydrogen (secondary N) is 1. The Balaban J connectivity index is 4.26. The molecule has 0 spiro atoms. The zero-order chi connectivity index (χ0) is 48.5. The maximum Gasteiger partial charge on any atom is 0.472 e. The third-order valence-electron chi connectivity index (χ3n) is 12.8. The molecule has 0 saturated carbocycles. The van der Waals surface area contributed by atoms with E-state index in [2.05, 4.69) is 43.5 Å². The Labute approximate surface area is 410 Å². The molecule has 0 rings (SSSR count). The van der Waals surface area contributed by atoms with Crippen LogP contribution >= 0.6 is 7.82 Å². The summed E-state index contributed by atoms with van der Waals surface area (Å²) in [6.07, 6.45) is 62.5. The van der Waals surface area contributed by atoms with Gasteiger partial charge in [0.1, 0.15) is 13.2 Å². The number of carbonyl (C=O) groups excluding carboxylic acids is 1. The Morgan fingerprint density at radius 3 is 1.21 bits per heavy atom. The van der Waals surface area contributed by atoms with Crippen molar-refractivity contribution < 1.29 is 32.9 Å². The SMILES string of the molecule is CCCCCCCC/C=C\CCCCCCCCCCCC(=O)NC(COP(=O)(O)OCC[N+](C)(C)C)C(O)/C=C/CC/C=C/CCCCCCCCCCCCCCCCCCCCC. The second kappa shape index (κ2) is 48.7. The fourth-order valence-corrected chi connectivity index (χ4v) is 9.08. The average Bonchev–Trinajstić information content (AvgIpc) is 3.28. The van der Waals surface area contributed by atoms with Crippen molar-refractivity contribution in [1.82, 2.24) is 5.32 Å². The van der Waals surface area contributed by atoms with Crippen LogP contribution in [0.25, 0.3) is 0 Å². The number of rotatable bonds is 52. The largest absolute Gasteiger partial charge is 0.472 e. The van der Waals surface area contributed by atoms with E-state index in [1.807, 2.05) is 27.2 Å². The zero-order valence-corrected chi connectivity index (χ0v) is 45.3. The number of amides is 1.